The second-order valence-corrected chi connectivity index (χ2v) is 9.62. The van der Waals surface area contributed by atoms with Crippen LogP contribution in [0.5, 0.6) is 0 Å². The number of carbonyl (C=O) groups is 1. The van der Waals surface area contributed by atoms with Crippen molar-refractivity contribution in [1.82, 2.24) is 19.8 Å². The van der Waals surface area contributed by atoms with Crippen molar-refractivity contribution >= 4 is 46.6 Å². The molecule has 5 rings (SSSR count). The number of aromatic nitrogens is 2. The summed E-state index contributed by atoms with van der Waals surface area (Å²) in [6, 6.07) is 16.1. The molecule has 182 valence electrons. The molecule has 0 saturated carbocycles. The van der Waals surface area contributed by atoms with Crippen molar-refractivity contribution in [2.75, 3.05) is 49.5 Å². The average molecular weight is 513 g/mol. The minimum atomic E-state index is -0.523. The standard InChI is InChI=1S/C25H26Cl2N6O2/c26-18-3-1-17(2-4-18)24(35)32-13-11-31(12-14-32)21-15-33(16-22(21)34)25-28-10-9-23(30-25)29-20-7-5-19(27)6-8-20/h1-10,21-22,34H,11-16H2,(H,28,29,30)/t21-,22-/m1/s1. The minimum absolute atomic E-state index is 0.00770. The quantitative estimate of drug-likeness (QED) is 0.540. The number of carbonyl (C=O) groups excluding carboxylic acids is 1. The molecule has 2 aliphatic heterocycles. The highest BCUT2D eigenvalue weighted by molar-refractivity contribution is 6.30. The Morgan fingerprint density at radius 2 is 1.57 bits per heavy atom. The highest BCUT2D eigenvalue weighted by Gasteiger charge is 2.38. The average Bonchev–Trinajstić information content (AvgIpc) is 3.27. The zero-order valence-electron chi connectivity index (χ0n) is 19.0. The summed E-state index contributed by atoms with van der Waals surface area (Å²) in [6.45, 7) is 3.71. The summed E-state index contributed by atoms with van der Waals surface area (Å²) in [5, 5.41) is 15.4. The van der Waals surface area contributed by atoms with Crippen molar-refractivity contribution < 1.29 is 9.90 Å². The van der Waals surface area contributed by atoms with Crippen LogP contribution >= 0.6 is 23.2 Å². The van der Waals surface area contributed by atoms with E-state index in [1.807, 2.05) is 34.1 Å². The second kappa shape index (κ2) is 10.4. The first-order valence-electron chi connectivity index (χ1n) is 11.5. The number of hydrogen-bond donors (Lipinski definition) is 2. The maximum Gasteiger partial charge on any atom is 0.253 e. The van der Waals surface area contributed by atoms with Crippen LogP contribution in [-0.4, -0.2) is 82.2 Å². The summed E-state index contributed by atoms with van der Waals surface area (Å²) < 4.78 is 0. The largest absolute Gasteiger partial charge is 0.390 e. The van der Waals surface area contributed by atoms with Crippen molar-refractivity contribution in [3.8, 4) is 0 Å². The van der Waals surface area contributed by atoms with Crippen LogP contribution < -0.4 is 10.2 Å². The second-order valence-electron chi connectivity index (χ2n) is 8.75. The van der Waals surface area contributed by atoms with Crippen LogP contribution in [0.4, 0.5) is 17.5 Å². The van der Waals surface area contributed by atoms with Crippen LogP contribution in [-0.2, 0) is 0 Å². The number of nitrogens with zero attached hydrogens (tertiary/aromatic N) is 5. The third-order valence-corrected chi connectivity index (χ3v) is 6.97. The number of hydrogen-bond acceptors (Lipinski definition) is 7. The molecule has 10 heteroatoms. The van der Waals surface area contributed by atoms with Crippen molar-refractivity contribution in [1.29, 1.82) is 0 Å². The van der Waals surface area contributed by atoms with E-state index in [0.717, 1.165) is 5.69 Å². The first-order valence-corrected chi connectivity index (χ1v) is 12.3. The molecule has 1 amide bonds. The highest BCUT2D eigenvalue weighted by atomic mass is 35.5. The van der Waals surface area contributed by atoms with Gasteiger partial charge < -0.3 is 20.2 Å². The molecule has 8 nitrogen and oxygen atoms in total. The molecular weight excluding hydrogens is 487 g/mol. The third-order valence-electron chi connectivity index (χ3n) is 6.46. The molecule has 0 bridgehead atoms. The van der Waals surface area contributed by atoms with Crippen LogP contribution in [0.25, 0.3) is 0 Å². The van der Waals surface area contributed by atoms with Gasteiger partial charge in [0.05, 0.1) is 12.1 Å². The first-order chi connectivity index (χ1) is 17.0. The number of rotatable bonds is 5. The van der Waals surface area contributed by atoms with E-state index in [1.165, 1.54) is 0 Å². The van der Waals surface area contributed by atoms with E-state index in [0.29, 0.717) is 66.6 Å². The highest BCUT2D eigenvalue weighted by Crippen LogP contribution is 2.24. The van der Waals surface area contributed by atoms with E-state index >= 15 is 0 Å². The Labute approximate surface area is 214 Å². The lowest BCUT2D eigenvalue weighted by Crippen LogP contribution is -2.54. The zero-order chi connectivity index (χ0) is 24.4. The fraction of sp³-hybridized carbons (Fsp3) is 0.320. The van der Waals surface area contributed by atoms with Crippen LogP contribution in [0.3, 0.4) is 0 Å². The molecule has 35 heavy (non-hydrogen) atoms. The molecule has 2 aromatic carbocycles. The summed E-state index contributed by atoms with van der Waals surface area (Å²) in [5.74, 6) is 1.25. The maximum atomic E-state index is 12.8. The van der Waals surface area contributed by atoms with Gasteiger partial charge >= 0.3 is 0 Å². The number of piperazine rings is 1. The first kappa shape index (κ1) is 23.8. The molecule has 0 spiro atoms. The van der Waals surface area contributed by atoms with Crippen molar-refractivity contribution in [2.24, 2.45) is 0 Å². The smallest absolute Gasteiger partial charge is 0.253 e. The van der Waals surface area contributed by atoms with Gasteiger partial charge in [0.1, 0.15) is 5.82 Å². The summed E-state index contributed by atoms with van der Waals surface area (Å²) >= 11 is 11.9. The summed E-state index contributed by atoms with van der Waals surface area (Å²) in [4.78, 5) is 28.0. The van der Waals surface area contributed by atoms with Gasteiger partial charge in [0, 0.05) is 66.8 Å². The molecule has 0 unspecified atom stereocenters. The van der Waals surface area contributed by atoms with Crippen LogP contribution in [0.2, 0.25) is 10.0 Å². The van der Waals surface area contributed by atoms with Crippen molar-refractivity contribution in [3.63, 3.8) is 0 Å². The Bertz CT molecular complexity index is 1170. The lowest BCUT2D eigenvalue weighted by Gasteiger charge is -2.38. The summed E-state index contributed by atoms with van der Waals surface area (Å²) in [5.41, 5.74) is 1.52. The summed E-state index contributed by atoms with van der Waals surface area (Å²) in [7, 11) is 0. The normalized spacial score (nSPS) is 20.8. The van der Waals surface area contributed by atoms with Crippen LogP contribution in [0, 0.1) is 0 Å². The Morgan fingerprint density at radius 3 is 2.26 bits per heavy atom. The predicted octanol–water partition coefficient (Wildman–Crippen LogP) is 3.53. The fourth-order valence-electron chi connectivity index (χ4n) is 4.57. The van der Waals surface area contributed by atoms with Crippen LogP contribution in [0.15, 0.2) is 60.8 Å². The van der Waals surface area contributed by atoms with Gasteiger partial charge in [-0.05, 0) is 54.6 Å². The lowest BCUT2D eigenvalue weighted by atomic mass is 10.1. The fourth-order valence-corrected chi connectivity index (χ4v) is 4.83. The Morgan fingerprint density at radius 1 is 0.914 bits per heavy atom. The number of amides is 1. The molecule has 2 aliphatic rings. The summed E-state index contributed by atoms with van der Waals surface area (Å²) in [6.07, 6.45) is 1.19. The van der Waals surface area contributed by atoms with E-state index in [-0.39, 0.29) is 11.9 Å². The molecule has 0 aliphatic carbocycles. The van der Waals surface area contributed by atoms with E-state index < -0.39 is 6.10 Å². The molecule has 2 saturated heterocycles. The number of anilines is 3. The van der Waals surface area contributed by atoms with Gasteiger partial charge in [-0.25, -0.2) is 4.98 Å². The lowest BCUT2D eigenvalue weighted by molar-refractivity contribution is 0.0376. The van der Waals surface area contributed by atoms with Crippen LogP contribution in [0.1, 0.15) is 10.4 Å². The van der Waals surface area contributed by atoms with Crippen molar-refractivity contribution in [3.05, 3.63) is 76.4 Å². The minimum Gasteiger partial charge on any atom is -0.390 e. The number of β-amino-alcohol motifs (C(OH)–C–C–N with tert-alkyl or cyclic N) is 1. The van der Waals surface area contributed by atoms with Gasteiger partial charge in [-0.15, -0.1) is 0 Å². The van der Waals surface area contributed by atoms with Gasteiger partial charge in [-0.1, -0.05) is 23.2 Å². The van der Waals surface area contributed by atoms with E-state index in [4.69, 9.17) is 23.2 Å². The van der Waals surface area contributed by atoms with Gasteiger partial charge in [-0.2, -0.15) is 4.98 Å². The molecule has 1 aromatic heterocycles. The van der Waals surface area contributed by atoms with Gasteiger partial charge in [0.25, 0.3) is 5.91 Å². The van der Waals surface area contributed by atoms with E-state index in [9.17, 15) is 9.90 Å². The number of nitrogens with one attached hydrogen (secondary N) is 1. The molecule has 3 heterocycles. The monoisotopic (exact) mass is 512 g/mol. The number of benzene rings is 2. The van der Waals surface area contributed by atoms with E-state index in [2.05, 4.69) is 20.2 Å². The molecule has 0 radical (unpaired) electrons. The molecular formula is C25H26Cl2N6O2. The number of halogens is 2. The zero-order valence-corrected chi connectivity index (χ0v) is 20.5. The van der Waals surface area contributed by atoms with Crippen molar-refractivity contribution in [2.45, 2.75) is 12.1 Å². The third kappa shape index (κ3) is 5.51. The topological polar surface area (TPSA) is 84.8 Å². The molecule has 2 fully saturated rings. The van der Waals surface area contributed by atoms with E-state index in [1.54, 1.807) is 36.5 Å². The Balaban J connectivity index is 1.19. The Hall–Kier alpha value is -2.91. The predicted molar refractivity (Wildman–Crippen MR) is 138 cm³/mol. The molecule has 3 aromatic rings. The maximum absolute atomic E-state index is 12.8. The van der Waals surface area contributed by atoms with Gasteiger partial charge in [0.15, 0.2) is 0 Å². The number of aliphatic hydroxyl groups is 1. The molecule has 2 atom stereocenters. The molecule has 2 N–H and O–H groups in total. The number of aliphatic hydroxyl groups excluding tert-OH is 1. The Kier molecular flexibility index (Phi) is 7.06. The van der Waals surface area contributed by atoms with Gasteiger partial charge in [-0.3, -0.25) is 9.69 Å². The SMILES string of the molecule is O=C(c1ccc(Cl)cc1)N1CCN([C@@H]2CN(c3nccc(Nc4ccc(Cl)cc4)n3)C[C@H]2O)CC1. The van der Waals surface area contributed by atoms with Gasteiger partial charge in [0.2, 0.25) is 5.95 Å².